The number of carbonyl (C=O) groups is 1. The van der Waals surface area contributed by atoms with Gasteiger partial charge in [0.2, 0.25) is 0 Å². The van der Waals surface area contributed by atoms with Gasteiger partial charge in [0.15, 0.2) is 10.9 Å². The minimum atomic E-state index is -0.142. The van der Waals surface area contributed by atoms with Gasteiger partial charge in [-0.2, -0.15) is 0 Å². The van der Waals surface area contributed by atoms with E-state index in [4.69, 9.17) is 0 Å². The van der Waals surface area contributed by atoms with Gasteiger partial charge in [0, 0.05) is 12.7 Å². The number of pyridine rings is 1. The van der Waals surface area contributed by atoms with Gasteiger partial charge in [0.1, 0.15) is 0 Å². The van der Waals surface area contributed by atoms with Crippen LogP contribution in [0.2, 0.25) is 0 Å². The molecule has 24 heavy (non-hydrogen) atoms. The summed E-state index contributed by atoms with van der Waals surface area (Å²) in [5, 5.41) is 2.89. The number of nitrogens with zero attached hydrogens (tertiary/aromatic N) is 3. The van der Waals surface area contributed by atoms with E-state index in [9.17, 15) is 9.59 Å². The lowest BCUT2D eigenvalue weighted by molar-refractivity contribution is 0.102. The number of hydrogen-bond acceptors (Lipinski definition) is 6. The molecule has 0 N–H and O–H groups in total. The van der Waals surface area contributed by atoms with E-state index in [1.165, 1.54) is 23.1 Å². The molecular weight excluding hydrogens is 342 g/mol. The number of fused-ring (bicyclic) bond motifs is 1. The zero-order chi connectivity index (χ0) is 17.1. The molecule has 0 amide bonds. The molecule has 0 aliphatic heterocycles. The zero-order valence-corrected chi connectivity index (χ0v) is 14.7. The summed E-state index contributed by atoms with van der Waals surface area (Å²) < 4.78 is 1.57. The highest BCUT2D eigenvalue weighted by molar-refractivity contribution is 7.99. The number of allylic oxidation sites excluding steroid dienone is 1. The average Bonchev–Trinajstić information content (AvgIpc) is 3.10. The van der Waals surface area contributed by atoms with Crippen molar-refractivity contribution in [3.8, 4) is 0 Å². The molecule has 3 rings (SSSR count). The van der Waals surface area contributed by atoms with E-state index < -0.39 is 0 Å². The second-order valence-electron chi connectivity index (χ2n) is 5.32. The molecule has 0 spiro atoms. The van der Waals surface area contributed by atoms with Crippen molar-refractivity contribution in [3.63, 3.8) is 0 Å². The Morgan fingerprint density at radius 2 is 2.25 bits per heavy atom. The number of Topliss-reactive ketones (excluding diaryl/α,β-unsaturated/α-hetero) is 1. The minimum Gasteiger partial charge on any atom is -0.292 e. The molecule has 7 heteroatoms. The third-order valence-corrected chi connectivity index (χ3v) is 5.17. The summed E-state index contributed by atoms with van der Waals surface area (Å²) in [5.74, 6) is 0.256. The Morgan fingerprint density at radius 1 is 1.42 bits per heavy atom. The van der Waals surface area contributed by atoms with E-state index in [0.717, 1.165) is 5.57 Å². The standard InChI is InChI=1S/C17H15N3O2S2/c1-11(2)9-20-16(22)12-5-6-18-8-13(12)19-17(20)24-10-14(21)15-4-3-7-23-15/h3-8H,1,9-10H2,2H3. The smallest absolute Gasteiger partial charge is 0.262 e. The second kappa shape index (κ2) is 7.11. The van der Waals surface area contributed by atoms with Crippen LogP contribution >= 0.6 is 23.1 Å². The molecule has 0 aliphatic rings. The van der Waals surface area contributed by atoms with E-state index in [0.29, 0.717) is 27.5 Å². The predicted molar refractivity (Wildman–Crippen MR) is 98.0 cm³/mol. The highest BCUT2D eigenvalue weighted by Gasteiger charge is 2.14. The molecule has 0 radical (unpaired) electrons. The van der Waals surface area contributed by atoms with E-state index in [1.54, 1.807) is 29.1 Å². The van der Waals surface area contributed by atoms with Crippen molar-refractivity contribution in [2.45, 2.75) is 18.6 Å². The van der Waals surface area contributed by atoms with Gasteiger partial charge in [-0.25, -0.2) is 4.98 Å². The molecule has 0 fully saturated rings. The number of thioether (sulfide) groups is 1. The van der Waals surface area contributed by atoms with Crippen LogP contribution < -0.4 is 5.56 Å². The average molecular weight is 357 g/mol. The van der Waals surface area contributed by atoms with Crippen molar-refractivity contribution >= 4 is 39.8 Å². The molecule has 122 valence electrons. The maximum absolute atomic E-state index is 12.7. The normalized spacial score (nSPS) is 10.9. The summed E-state index contributed by atoms with van der Waals surface area (Å²) >= 11 is 2.68. The SMILES string of the molecule is C=C(C)Cn1c(SCC(=O)c2cccs2)nc2cnccc2c1=O. The van der Waals surface area contributed by atoms with Crippen LogP contribution in [0.15, 0.2) is 58.1 Å². The third kappa shape index (κ3) is 3.47. The lowest BCUT2D eigenvalue weighted by Crippen LogP contribution is -2.24. The maximum Gasteiger partial charge on any atom is 0.262 e. The molecular formula is C17H15N3O2S2. The fourth-order valence-corrected chi connectivity index (χ4v) is 3.85. The van der Waals surface area contributed by atoms with Gasteiger partial charge in [-0.3, -0.25) is 19.1 Å². The molecule has 0 unspecified atom stereocenters. The Hall–Kier alpha value is -2.25. The molecule has 3 heterocycles. The van der Waals surface area contributed by atoms with Gasteiger partial charge in [0.25, 0.3) is 5.56 Å². The van der Waals surface area contributed by atoms with Crippen molar-refractivity contribution < 1.29 is 4.79 Å². The quantitative estimate of drug-likeness (QED) is 0.293. The summed E-state index contributed by atoms with van der Waals surface area (Å²) in [7, 11) is 0. The molecule has 5 nitrogen and oxygen atoms in total. The van der Waals surface area contributed by atoms with Crippen LogP contribution in [0.4, 0.5) is 0 Å². The Kier molecular flexibility index (Phi) is 4.92. The minimum absolute atomic E-state index is 0.0254. The molecule has 0 aliphatic carbocycles. The number of rotatable bonds is 6. The first-order chi connectivity index (χ1) is 11.6. The first-order valence-corrected chi connectivity index (χ1v) is 9.11. The Bertz CT molecular complexity index is 962. The van der Waals surface area contributed by atoms with E-state index in [2.05, 4.69) is 16.5 Å². The van der Waals surface area contributed by atoms with E-state index in [1.807, 2.05) is 18.4 Å². The summed E-state index contributed by atoms with van der Waals surface area (Å²) in [6, 6.07) is 5.30. The number of thiophene rings is 1. The number of hydrogen-bond donors (Lipinski definition) is 0. The van der Waals surface area contributed by atoms with Crippen LogP contribution in [-0.4, -0.2) is 26.1 Å². The monoisotopic (exact) mass is 357 g/mol. The van der Waals surface area contributed by atoms with Gasteiger partial charge in [-0.1, -0.05) is 30.0 Å². The highest BCUT2D eigenvalue weighted by Crippen LogP contribution is 2.20. The number of aromatic nitrogens is 3. The van der Waals surface area contributed by atoms with Crippen LogP contribution in [0.25, 0.3) is 10.9 Å². The molecule has 0 aromatic carbocycles. The molecule has 3 aromatic rings. The van der Waals surface area contributed by atoms with Gasteiger partial charge in [-0.15, -0.1) is 11.3 Å². The Morgan fingerprint density at radius 3 is 2.96 bits per heavy atom. The van der Waals surface area contributed by atoms with Crippen molar-refractivity contribution in [2.75, 3.05) is 5.75 Å². The van der Waals surface area contributed by atoms with Crippen LogP contribution in [0.3, 0.4) is 0 Å². The first-order valence-electron chi connectivity index (χ1n) is 7.24. The summed E-state index contributed by atoms with van der Waals surface area (Å²) in [6.45, 7) is 6.10. The van der Waals surface area contributed by atoms with Crippen molar-refractivity contribution in [3.05, 3.63) is 63.4 Å². The Labute approximate surface area is 147 Å². The van der Waals surface area contributed by atoms with Gasteiger partial charge < -0.3 is 0 Å². The predicted octanol–water partition coefficient (Wildman–Crippen LogP) is 3.40. The fraction of sp³-hybridized carbons (Fsp3) is 0.176. The molecule has 0 bridgehead atoms. The van der Waals surface area contributed by atoms with Crippen molar-refractivity contribution in [1.82, 2.24) is 14.5 Å². The largest absolute Gasteiger partial charge is 0.292 e. The van der Waals surface area contributed by atoms with Crippen LogP contribution in [0, 0.1) is 0 Å². The van der Waals surface area contributed by atoms with Crippen LogP contribution in [-0.2, 0) is 6.54 Å². The van der Waals surface area contributed by atoms with Gasteiger partial charge in [-0.05, 0) is 24.4 Å². The maximum atomic E-state index is 12.7. The van der Waals surface area contributed by atoms with E-state index in [-0.39, 0.29) is 17.1 Å². The summed E-state index contributed by atoms with van der Waals surface area (Å²) in [5.41, 5.74) is 1.24. The van der Waals surface area contributed by atoms with Gasteiger partial charge in [0.05, 0.1) is 27.7 Å². The summed E-state index contributed by atoms with van der Waals surface area (Å²) in [6.07, 6.45) is 3.14. The molecule has 0 saturated carbocycles. The lowest BCUT2D eigenvalue weighted by Gasteiger charge is -2.12. The van der Waals surface area contributed by atoms with Crippen LogP contribution in [0.5, 0.6) is 0 Å². The second-order valence-corrected chi connectivity index (χ2v) is 7.21. The molecule has 0 atom stereocenters. The summed E-state index contributed by atoms with van der Waals surface area (Å²) in [4.78, 5) is 34.2. The van der Waals surface area contributed by atoms with Crippen molar-refractivity contribution in [1.29, 1.82) is 0 Å². The zero-order valence-electron chi connectivity index (χ0n) is 13.1. The third-order valence-electron chi connectivity index (χ3n) is 3.28. The fourth-order valence-electron chi connectivity index (χ4n) is 2.21. The van der Waals surface area contributed by atoms with Crippen molar-refractivity contribution in [2.24, 2.45) is 0 Å². The molecule has 3 aromatic heterocycles. The highest BCUT2D eigenvalue weighted by atomic mass is 32.2. The Balaban J connectivity index is 1.97. The lowest BCUT2D eigenvalue weighted by atomic mass is 10.3. The van der Waals surface area contributed by atoms with Crippen LogP contribution in [0.1, 0.15) is 16.6 Å². The number of carbonyl (C=O) groups excluding carboxylic acids is 1. The topological polar surface area (TPSA) is 64.8 Å². The van der Waals surface area contributed by atoms with E-state index >= 15 is 0 Å². The number of ketones is 1. The van der Waals surface area contributed by atoms with Gasteiger partial charge >= 0.3 is 0 Å². The first kappa shape index (κ1) is 16.6. The molecule has 0 saturated heterocycles.